The van der Waals surface area contributed by atoms with Crippen LogP contribution in [0.1, 0.15) is 37.8 Å². The Labute approximate surface area is 89.9 Å². The summed E-state index contributed by atoms with van der Waals surface area (Å²) in [5, 5.41) is 0. The molecule has 0 bridgehead atoms. The molecule has 4 nitrogen and oxygen atoms in total. The van der Waals surface area contributed by atoms with Crippen LogP contribution in [0.25, 0.3) is 0 Å². The fraction of sp³-hybridized carbons (Fsp3) is 0.636. The summed E-state index contributed by atoms with van der Waals surface area (Å²) in [6.45, 7) is 0.554. The molecule has 0 atom stereocenters. The zero-order valence-corrected chi connectivity index (χ0v) is 8.85. The number of ether oxygens (including phenoxy) is 1. The second-order valence-corrected chi connectivity index (χ2v) is 4.00. The molecule has 2 rings (SSSR count). The first-order valence-electron chi connectivity index (χ1n) is 5.52. The van der Waals surface area contributed by atoms with Gasteiger partial charge in [0, 0.05) is 0 Å². The van der Waals surface area contributed by atoms with E-state index in [0.29, 0.717) is 18.5 Å². The minimum Gasteiger partial charge on any atom is -0.382 e. The van der Waals surface area contributed by atoms with Crippen LogP contribution in [-0.2, 0) is 11.3 Å². The third-order valence-corrected chi connectivity index (χ3v) is 2.74. The minimum atomic E-state index is 0.415. The molecule has 15 heavy (non-hydrogen) atoms. The van der Waals surface area contributed by atoms with E-state index in [1.54, 1.807) is 12.4 Å². The van der Waals surface area contributed by atoms with Crippen LogP contribution in [0.4, 0.5) is 5.82 Å². The average Bonchev–Trinajstić information content (AvgIpc) is 2.30. The number of rotatable bonds is 3. The van der Waals surface area contributed by atoms with E-state index in [-0.39, 0.29) is 0 Å². The SMILES string of the molecule is Nc1cnc(COC2CCCCC2)cn1. The van der Waals surface area contributed by atoms with Crippen molar-refractivity contribution in [3.05, 3.63) is 18.1 Å². The minimum absolute atomic E-state index is 0.415. The van der Waals surface area contributed by atoms with Gasteiger partial charge in [0.2, 0.25) is 0 Å². The van der Waals surface area contributed by atoms with Crippen molar-refractivity contribution < 1.29 is 4.74 Å². The van der Waals surface area contributed by atoms with Crippen LogP contribution < -0.4 is 5.73 Å². The van der Waals surface area contributed by atoms with E-state index >= 15 is 0 Å². The third kappa shape index (κ3) is 3.16. The molecule has 1 aliphatic rings. The van der Waals surface area contributed by atoms with Crippen molar-refractivity contribution in [1.29, 1.82) is 0 Å². The summed E-state index contributed by atoms with van der Waals surface area (Å²) in [7, 11) is 0. The molecular weight excluding hydrogens is 190 g/mol. The smallest absolute Gasteiger partial charge is 0.141 e. The number of hydrogen-bond acceptors (Lipinski definition) is 4. The highest BCUT2D eigenvalue weighted by atomic mass is 16.5. The lowest BCUT2D eigenvalue weighted by atomic mass is 9.98. The zero-order valence-electron chi connectivity index (χ0n) is 8.85. The van der Waals surface area contributed by atoms with Crippen LogP contribution in [0.3, 0.4) is 0 Å². The highest BCUT2D eigenvalue weighted by molar-refractivity contribution is 5.22. The number of nitrogens with zero attached hydrogens (tertiary/aromatic N) is 2. The summed E-state index contributed by atoms with van der Waals surface area (Å²) in [5.41, 5.74) is 6.31. The zero-order chi connectivity index (χ0) is 10.5. The Morgan fingerprint density at radius 2 is 2.00 bits per heavy atom. The fourth-order valence-electron chi connectivity index (χ4n) is 1.87. The predicted octanol–water partition coefficient (Wildman–Crippen LogP) is 1.91. The van der Waals surface area contributed by atoms with E-state index in [1.165, 1.54) is 32.1 Å². The number of hydrogen-bond donors (Lipinski definition) is 1. The van der Waals surface area contributed by atoms with Crippen LogP contribution in [0.15, 0.2) is 12.4 Å². The van der Waals surface area contributed by atoms with E-state index in [2.05, 4.69) is 9.97 Å². The first-order valence-corrected chi connectivity index (χ1v) is 5.52. The Morgan fingerprint density at radius 1 is 1.20 bits per heavy atom. The van der Waals surface area contributed by atoms with Gasteiger partial charge in [0.1, 0.15) is 5.82 Å². The summed E-state index contributed by atoms with van der Waals surface area (Å²) in [6.07, 6.45) is 9.96. The Hall–Kier alpha value is -1.16. The number of anilines is 1. The van der Waals surface area contributed by atoms with Crippen molar-refractivity contribution in [2.45, 2.75) is 44.8 Å². The predicted molar refractivity (Wildman–Crippen MR) is 58.1 cm³/mol. The van der Waals surface area contributed by atoms with Gasteiger partial charge < -0.3 is 10.5 Å². The number of aromatic nitrogens is 2. The summed E-state index contributed by atoms with van der Waals surface area (Å²) >= 11 is 0. The van der Waals surface area contributed by atoms with Gasteiger partial charge in [-0.25, -0.2) is 4.98 Å². The molecule has 1 aliphatic carbocycles. The Balaban J connectivity index is 1.79. The maximum absolute atomic E-state index is 5.77. The van der Waals surface area contributed by atoms with Gasteiger partial charge in [-0.1, -0.05) is 19.3 Å². The molecular formula is C11H17N3O. The van der Waals surface area contributed by atoms with Crippen LogP contribution in [0, 0.1) is 0 Å². The van der Waals surface area contributed by atoms with Crippen LogP contribution in [0.2, 0.25) is 0 Å². The molecule has 1 heterocycles. The third-order valence-electron chi connectivity index (χ3n) is 2.74. The number of nitrogens with two attached hydrogens (primary N) is 1. The van der Waals surface area contributed by atoms with Gasteiger partial charge in [0.25, 0.3) is 0 Å². The van der Waals surface area contributed by atoms with Crippen molar-refractivity contribution in [3.8, 4) is 0 Å². The molecule has 4 heteroatoms. The molecule has 0 radical (unpaired) electrons. The van der Waals surface area contributed by atoms with E-state index in [1.807, 2.05) is 0 Å². The van der Waals surface area contributed by atoms with Gasteiger partial charge in [-0.05, 0) is 12.8 Å². The van der Waals surface area contributed by atoms with Gasteiger partial charge in [0.15, 0.2) is 0 Å². The normalized spacial score (nSPS) is 17.9. The molecule has 1 fully saturated rings. The molecule has 0 aromatic carbocycles. The molecule has 0 amide bonds. The lowest BCUT2D eigenvalue weighted by molar-refractivity contribution is 0.0151. The van der Waals surface area contributed by atoms with Crippen LogP contribution >= 0.6 is 0 Å². The van der Waals surface area contributed by atoms with E-state index in [9.17, 15) is 0 Å². The first-order chi connectivity index (χ1) is 7.34. The molecule has 1 saturated carbocycles. The average molecular weight is 207 g/mol. The monoisotopic (exact) mass is 207 g/mol. The number of nitrogen functional groups attached to an aromatic ring is 1. The van der Waals surface area contributed by atoms with Gasteiger partial charge >= 0.3 is 0 Å². The maximum Gasteiger partial charge on any atom is 0.141 e. The lowest BCUT2D eigenvalue weighted by Crippen LogP contribution is -2.16. The second-order valence-electron chi connectivity index (χ2n) is 4.00. The van der Waals surface area contributed by atoms with Crippen molar-refractivity contribution in [1.82, 2.24) is 9.97 Å². The largest absolute Gasteiger partial charge is 0.382 e. The Morgan fingerprint density at radius 3 is 2.67 bits per heavy atom. The standard InChI is InChI=1S/C11H17N3O/c12-11-7-13-9(6-14-11)8-15-10-4-2-1-3-5-10/h6-7,10H,1-5,8H2,(H2,12,14). The van der Waals surface area contributed by atoms with E-state index in [0.717, 1.165) is 5.69 Å². The van der Waals surface area contributed by atoms with Crippen molar-refractivity contribution in [2.24, 2.45) is 0 Å². The summed E-state index contributed by atoms with van der Waals surface area (Å²) in [4.78, 5) is 8.13. The topological polar surface area (TPSA) is 61.0 Å². The molecule has 1 aromatic rings. The van der Waals surface area contributed by atoms with E-state index in [4.69, 9.17) is 10.5 Å². The van der Waals surface area contributed by atoms with Crippen LogP contribution in [0.5, 0.6) is 0 Å². The Kier molecular flexibility index (Phi) is 3.50. The second kappa shape index (κ2) is 5.07. The molecule has 0 spiro atoms. The maximum atomic E-state index is 5.77. The molecule has 82 valence electrons. The molecule has 0 unspecified atom stereocenters. The highest BCUT2D eigenvalue weighted by Crippen LogP contribution is 2.20. The lowest BCUT2D eigenvalue weighted by Gasteiger charge is -2.21. The van der Waals surface area contributed by atoms with Gasteiger partial charge in [-0.15, -0.1) is 0 Å². The van der Waals surface area contributed by atoms with Gasteiger partial charge in [-0.3, -0.25) is 4.98 Å². The molecule has 2 N–H and O–H groups in total. The summed E-state index contributed by atoms with van der Waals surface area (Å²) < 4.78 is 5.77. The quantitative estimate of drug-likeness (QED) is 0.822. The fourth-order valence-corrected chi connectivity index (χ4v) is 1.87. The van der Waals surface area contributed by atoms with Gasteiger partial charge in [-0.2, -0.15) is 0 Å². The van der Waals surface area contributed by atoms with Crippen molar-refractivity contribution in [3.63, 3.8) is 0 Å². The van der Waals surface area contributed by atoms with Crippen molar-refractivity contribution >= 4 is 5.82 Å². The molecule has 0 saturated heterocycles. The summed E-state index contributed by atoms with van der Waals surface area (Å²) in [6, 6.07) is 0. The molecule has 1 aromatic heterocycles. The van der Waals surface area contributed by atoms with Gasteiger partial charge in [0.05, 0.1) is 30.8 Å². The first kappa shape index (κ1) is 10.4. The van der Waals surface area contributed by atoms with Crippen LogP contribution in [-0.4, -0.2) is 16.1 Å². The van der Waals surface area contributed by atoms with Crippen molar-refractivity contribution in [2.75, 3.05) is 5.73 Å². The van der Waals surface area contributed by atoms with E-state index < -0.39 is 0 Å². The highest BCUT2D eigenvalue weighted by Gasteiger charge is 2.13. The Bertz CT molecular complexity index is 293. The summed E-state index contributed by atoms with van der Waals surface area (Å²) in [5.74, 6) is 0.455. The molecule has 0 aliphatic heterocycles.